The van der Waals surface area contributed by atoms with Gasteiger partial charge in [-0.05, 0) is 97.6 Å². The van der Waals surface area contributed by atoms with Crippen molar-refractivity contribution in [1.82, 2.24) is 9.88 Å². The number of nitrogens with zero attached hydrogens (tertiary/aromatic N) is 1. The van der Waals surface area contributed by atoms with Gasteiger partial charge in [0.05, 0.1) is 4.91 Å². The Hall–Kier alpha value is -3.61. The van der Waals surface area contributed by atoms with Crippen LogP contribution >= 0.6 is 23.4 Å². The third-order valence-corrected chi connectivity index (χ3v) is 7.84. The van der Waals surface area contributed by atoms with Gasteiger partial charge in [-0.1, -0.05) is 54.6 Å². The van der Waals surface area contributed by atoms with Crippen LogP contribution < -0.4 is 15.4 Å². The van der Waals surface area contributed by atoms with Crippen LogP contribution in [0.4, 0.5) is 5.69 Å². The summed E-state index contributed by atoms with van der Waals surface area (Å²) in [6.07, 6.45) is 2.98. The van der Waals surface area contributed by atoms with E-state index in [0.29, 0.717) is 16.5 Å². The lowest BCUT2D eigenvalue weighted by atomic mass is 10.1. The van der Waals surface area contributed by atoms with Crippen molar-refractivity contribution in [3.63, 3.8) is 0 Å². The molecule has 2 heterocycles. The molecule has 4 aromatic rings. The highest BCUT2D eigenvalue weighted by atomic mass is 35.5. The fourth-order valence-electron chi connectivity index (χ4n) is 4.46. The van der Waals surface area contributed by atoms with Crippen LogP contribution in [0, 0.1) is 13.8 Å². The molecule has 5 nitrogen and oxygen atoms in total. The third kappa shape index (κ3) is 5.93. The molecule has 1 atom stereocenters. The van der Waals surface area contributed by atoms with Gasteiger partial charge in [-0.2, -0.15) is 0 Å². The smallest absolute Gasteiger partial charge is 0.260 e. The lowest BCUT2D eigenvalue weighted by molar-refractivity contribution is -0.116. The highest BCUT2D eigenvalue weighted by Crippen LogP contribution is 2.32. The Morgan fingerprint density at radius 3 is 2.37 bits per heavy atom. The molecule has 0 unspecified atom stereocenters. The lowest BCUT2D eigenvalue weighted by Gasteiger charge is -2.13. The minimum Gasteiger partial charge on any atom is -0.489 e. The number of halogens is 1. The molecule has 5 rings (SSSR count). The standard InChI is InChI=1S/C31H30ClN3O2S/c1-4-22-7-11-26(12-8-22)33-31-34-30(36)29(38-31)18-24-17-20(2)35(21(24)3)27-13-15-28(16-14-27)37-19-23-5-9-25(32)10-6-23/h5-18,31,33H,4,19H2,1-3H3,(H,34,36)/b29-18-/t31-/m1/s1. The molecule has 2 N–H and O–H groups in total. The van der Waals surface area contributed by atoms with Crippen molar-refractivity contribution < 1.29 is 9.53 Å². The molecule has 0 aliphatic carbocycles. The van der Waals surface area contributed by atoms with Crippen LogP contribution in [0.5, 0.6) is 5.75 Å². The van der Waals surface area contributed by atoms with Crippen LogP contribution in [0.25, 0.3) is 11.8 Å². The number of nitrogens with one attached hydrogen (secondary N) is 2. The number of aryl methyl sites for hydroxylation is 2. The third-order valence-electron chi connectivity index (χ3n) is 6.56. The normalized spacial score (nSPS) is 16.1. The van der Waals surface area contributed by atoms with Gasteiger partial charge in [0.25, 0.3) is 5.91 Å². The maximum atomic E-state index is 12.7. The highest BCUT2D eigenvalue weighted by molar-refractivity contribution is 8.05. The molecule has 0 saturated carbocycles. The number of amides is 1. The Morgan fingerprint density at radius 1 is 1.00 bits per heavy atom. The first-order valence-corrected chi connectivity index (χ1v) is 13.9. The van der Waals surface area contributed by atoms with Crippen molar-refractivity contribution in [3.8, 4) is 11.4 Å². The van der Waals surface area contributed by atoms with E-state index < -0.39 is 0 Å². The first-order chi connectivity index (χ1) is 18.4. The summed E-state index contributed by atoms with van der Waals surface area (Å²) in [5.74, 6) is 0.736. The largest absolute Gasteiger partial charge is 0.489 e. The molecule has 3 aromatic carbocycles. The van der Waals surface area contributed by atoms with Crippen molar-refractivity contribution in [3.05, 3.63) is 117 Å². The Bertz CT molecular complexity index is 1460. The van der Waals surface area contributed by atoms with E-state index in [1.807, 2.05) is 42.5 Å². The molecule has 1 aliphatic heterocycles. The molecule has 1 amide bonds. The van der Waals surface area contributed by atoms with Gasteiger partial charge < -0.3 is 19.9 Å². The minimum absolute atomic E-state index is 0.0651. The van der Waals surface area contributed by atoms with E-state index in [4.69, 9.17) is 16.3 Å². The van der Waals surface area contributed by atoms with E-state index in [1.165, 1.54) is 17.3 Å². The van der Waals surface area contributed by atoms with Gasteiger partial charge >= 0.3 is 0 Å². The van der Waals surface area contributed by atoms with Crippen LogP contribution in [-0.4, -0.2) is 16.0 Å². The lowest BCUT2D eigenvalue weighted by Crippen LogP contribution is -2.30. The fraction of sp³-hybridized carbons (Fsp3) is 0.194. The fourth-order valence-corrected chi connectivity index (χ4v) is 5.57. The van der Waals surface area contributed by atoms with E-state index in [-0.39, 0.29) is 11.4 Å². The summed E-state index contributed by atoms with van der Waals surface area (Å²) in [5.41, 5.74) is 7.37. The molecule has 0 radical (unpaired) electrons. The molecule has 0 bridgehead atoms. The van der Waals surface area contributed by atoms with Crippen LogP contribution in [0.2, 0.25) is 5.02 Å². The van der Waals surface area contributed by atoms with E-state index in [2.05, 4.69) is 78.4 Å². The molecular formula is C31H30ClN3O2S. The van der Waals surface area contributed by atoms with Crippen molar-refractivity contribution in [2.75, 3.05) is 5.32 Å². The van der Waals surface area contributed by atoms with Gasteiger partial charge in [0.1, 0.15) is 12.4 Å². The number of hydrogen-bond acceptors (Lipinski definition) is 4. The second-order valence-corrected chi connectivity index (χ2v) is 10.8. The predicted molar refractivity (Wildman–Crippen MR) is 158 cm³/mol. The number of benzene rings is 3. The highest BCUT2D eigenvalue weighted by Gasteiger charge is 2.27. The Balaban J connectivity index is 1.27. The quantitative estimate of drug-likeness (QED) is 0.226. The zero-order chi connectivity index (χ0) is 26.6. The summed E-state index contributed by atoms with van der Waals surface area (Å²) >= 11 is 7.46. The molecule has 1 saturated heterocycles. The number of aromatic nitrogens is 1. The summed E-state index contributed by atoms with van der Waals surface area (Å²) in [6.45, 7) is 6.77. The SMILES string of the molecule is CCc1ccc(N[C@@H]2NC(=O)/C(=C/c3cc(C)n(-c4ccc(OCc5ccc(Cl)cc5)cc4)c3C)S2)cc1. The summed E-state index contributed by atoms with van der Waals surface area (Å²) in [6, 6.07) is 26.1. The van der Waals surface area contributed by atoms with E-state index in [9.17, 15) is 4.79 Å². The van der Waals surface area contributed by atoms with Crippen molar-refractivity contribution in [2.45, 2.75) is 39.3 Å². The zero-order valence-corrected chi connectivity index (χ0v) is 23.2. The number of thioether (sulfide) groups is 1. The first kappa shape index (κ1) is 26.0. The number of carbonyl (C=O) groups is 1. The van der Waals surface area contributed by atoms with E-state index in [1.54, 1.807) is 0 Å². The molecule has 0 spiro atoms. The number of ether oxygens (including phenoxy) is 1. The van der Waals surface area contributed by atoms with Crippen LogP contribution in [0.15, 0.2) is 83.8 Å². The second-order valence-electron chi connectivity index (χ2n) is 9.25. The second kappa shape index (κ2) is 11.4. The van der Waals surface area contributed by atoms with Gasteiger partial charge in [-0.25, -0.2) is 0 Å². The van der Waals surface area contributed by atoms with E-state index in [0.717, 1.165) is 46.1 Å². The number of hydrogen-bond donors (Lipinski definition) is 2. The van der Waals surface area contributed by atoms with Gasteiger partial charge in [0.2, 0.25) is 0 Å². The molecule has 1 aliphatic rings. The molecular weight excluding hydrogens is 514 g/mol. The van der Waals surface area contributed by atoms with Gasteiger partial charge in [0.15, 0.2) is 5.50 Å². The summed E-state index contributed by atoms with van der Waals surface area (Å²) in [4.78, 5) is 13.4. The average Bonchev–Trinajstić information content (AvgIpc) is 3.41. The molecule has 38 heavy (non-hydrogen) atoms. The maximum absolute atomic E-state index is 12.7. The molecule has 1 fully saturated rings. The number of carbonyl (C=O) groups excluding carboxylic acids is 1. The molecule has 194 valence electrons. The van der Waals surface area contributed by atoms with Crippen LogP contribution in [0.1, 0.15) is 35.0 Å². The Morgan fingerprint density at radius 2 is 1.68 bits per heavy atom. The number of anilines is 1. The molecule has 1 aromatic heterocycles. The topological polar surface area (TPSA) is 55.3 Å². The minimum atomic E-state index is -0.204. The first-order valence-electron chi connectivity index (χ1n) is 12.6. The summed E-state index contributed by atoms with van der Waals surface area (Å²) in [7, 11) is 0. The Kier molecular flexibility index (Phi) is 7.82. The maximum Gasteiger partial charge on any atom is 0.260 e. The Labute approximate surface area is 232 Å². The molecule has 7 heteroatoms. The summed E-state index contributed by atoms with van der Waals surface area (Å²) < 4.78 is 8.13. The van der Waals surface area contributed by atoms with E-state index >= 15 is 0 Å². The van der Waals surface area contributed by atoms with Crippen molar-refractivity contribution >= 4 is 41.0 Å². The van der Waals surface area contributed by atoms with Gasteiger partial charge in [-0.15, -0.1) is 0 Å². The predicted octanol–water partition coefficient (Wildman–Crippen LogP) is 7.49. The van der Waals surface area contributed by atoms with Crippen LogP contribution in [0.3, 0.4) is 0 Å². The van der Waals surface area contributed by atoms with Crippen molar-refractivity contribution in [1.29, 1.82) is 0 Å². The monoisotopic (exact) mass is 543 g/mol. The van der Waals surface area contributed by atoms with Gasteiger partial charge in [-0.3, -0.25) is 4.79 Å². The van der Waals surface area contributed by atoms with Crippen LogP contribution in [-0.2, 0) is 17.8 Å². The summed E-state index contributed by atoms with van der Waals surface area (Å²) in [5, 5.41) is 7.13. The van der Waals surface area contributed by atoms with Gasteiger partial charge in [0, 0.05) is 27.8 Å². The zero-order valence-electron chi connectivity index (χ0n) is 21.6. The number of rotatable bonds is 8. The average molecular weight is 544 g/mol. The van der Waals surface area contributed by atoms with Crippen molar-refractivity contribution in [2.24, 2.45) is 0 Å².